The van der Waals surface area contributed by atoms with E-state index in [9.17, 15) is 9.59 Å². The van der Waals surface area contributed by atoms with Gasteiger partial charge in [0.2, 0.25) is 5.91 Å². The van der Waals surface area contributed by atoms with Crippen LogP contribution < -0.4 is 0 Å². The predicted molar refractivity (Wildman–Crippen MR) is 71.9 cm³/mol. The lowest BCUT2D eigenvalue weighted by Crippen LogP contribution is -2.41. The molecule has 0 aromatic heterocycles. The molecule has 1 aliphatic rings. The van der Waals surface area contributed by atoms with E-state index in [4.69, 9.17) is 9.84 Å². The van der Waals surface area contributed by atoms with Crippen molar-refractivity contribution in [2.75, 3.05) is 26.3 Å². The smallest absolute Gasteiger partial charge is 0.303 e. The van der Waals surface area contributed by atoms with Gasteiger partial charge in [0.1, 0.15) is 0 Å². The number of aliphatic carboxylic acids is 1. The molecule has 1 amide bonds. The molecule has 0 bridgehead atoms. The SMILES string of the molecule is CCOCC1CCCN(C(=O)CCCCC(=O)O)C1. The van der Waals surface area contributed by atoms with Crippen molar-refractivity contribution in [3.63, 3.8) is 0 Å². The zero-order chi connectivity index (χ0) is 14.1. The molecule has 5 nitrogen and oxygen atoms in total. The Kier molecular flexibility index (Phi) is 7.48. The maximum absolute atomic E-state index is 12.0. The summed E-state index contributed by atoms with van der Waals surface area (Å²) in [5, 5.41) is 8.54. The van der Waals surface area contributed by atoms with Crippen molar-refractivity contribution in [3.05, 3.63) is 0 Å². The van der Waals surface area contributed by atoms with Crippen molar-refractivity contribution in [2.45, 2.75) is 45.4 Å². The Morgan fingerprint density at radius 3 is 2.74 bits per heavy atom. The van der Waals surface area contributed by atoms with Gasteiger partial charge in [0.15, 0.2) is 0 Å². The Morgan fingerprint density at radius 1 is 1.32 bits per heavy atom. The van der Waals surface area contributed by atoms with Crippen LogP contribution in [-0.2, 0) is 14.3 Å². The predicted octanol–water partition coefficient (Wildman–Crippen LogP) is 1.91. The van der Waals surface area contributed by atoms with Gasteiger partial charge in [-0.3, -0.25) is 9.59 Å². The van der Waals surface area contributed by atoms with E-state index in [1.165, 1.54) is 0 Å². The van der Waals surface area contributed by atoms with Gasteiger partial charge in [-0.2, -0.15) is 0 Å². The van der Waals surface area contributed by atoms with E-state index >= 15 is 0 Å². The Hall–Kier alpha value is -1.10. The van der Waals surface area contributed by atoms with Crippen molar-refractivity contribution < 1.29 is 19.4 Å². The van der Waals surface area contributed by atoms with Gasteiger partial charge >= 0.3 is 5.97 Å². The van der Waals surface area contributed by atoms with E-state index in [2.05, 4.69) is 0 Å². The summed E-state index contributed by atoms with van der Waals surface area (Å²) in [5.41, 5.74) is 0. The second-order valence-corrected chi connectivity index (χ2v) is 5.11. The number of piperidine rings is 1. The number of amides is 1. The molecule has 1 rings (SSSR count). The summed E-state index contributed by atoms with van der Waals surface area (Å²) < 4.78 is 5.42. The molecule has 1 heterocycles. The number of carbonyl (C=O) groups is 2. The zero-order valence-corrected chi connectivity index (χ0v) is 11.8. The number of likely N-dealkylation sites (tertiary alicyclic amines) is 1. The van der Waals surface area contributed by atoms with E-state index in [1.54, 1.807) is 0 Å². The monoisotopic (exact) mass is 271 g/mol. The third-order valence-corrected chi connectivity index (χ3v) is 3.46. The van der Waals surface area contributed by atoms with Gasteiger partial charge in [-0.1, -0.05) is 0 Å². The van der Waals surface area contributed by atoms with Crippen LogP contribution in [-0.4, -0.2) is 48.2 Å². The van der Waals surface area contributed by atoms with Crippen LogP contribution in [0.4, 0.5) is 0 Å². The van der Waals surface area contributed by atoms with Gasteiger partial charge in [0.05, 0.1) is 6.61 Å². The Balaban J connectivity index is 2.21. The summed E-state index contributed by atoms with van der Waals surface area (Å²) in [6.45, 7) is 5.06. The molecule has 1 N–H and O–H groups in total. The first kappa shape index (κ1) is 16.0. The minimum absolute atomic E-state index is 0.153. The maximum atomic E-state index is 12.0. The summed E-state index contributed by atoms with van der Waals surface area (Å²) in [7, 11) is 0. The van der Waals surface area contributed by atoms with Gasteiger partial charge in [0, 0.05) is 32.5 Å². The van der Waals surface area contributed by atoms with Crippen molar-refractivity contribution in [3.8, 4) is 0 Å². The molecule has 1 unspecified atom stereocenters. The lowest BCUT2D eigenvalue weighted by atomic mass is 9.98. The van der Waals surface area contributed by atoms with Crippen LogP contribution in [0.3, 0.4) is 0 Å². The van der Waals surface area contributed by atoms with Gasteiger partial charge < -0.3 is 14.7 Å². The van der Waals surface area contributed by atoms with E-state index in [0.29, 0.717) is 25.2 Å². The zero-order valence-electron chi connectivity index (χ0n) is 11.8. The highest BCUT2D eigenvalue weighted by atomic mass is 16.5. The molecule has 0 radical (unpaired) electrons. The number of ether oxygens (including phenoxy) is 1. The molecular formula is C14H25NO4. The molecule has 0 saturated carbocycles. The van der Waals surface area contributed by atoms with Crippen molar-refractivity contribution in [2.24, 2.45) is 5.92 Å². The molecule has 1 fully saturated rings. The van der Waals surface area contributed by atoms with Crippen LogP contribution in [0, 0.1) is 5.92 Å². The van der Waals surface area contributed by atoms with Crippen LogP contribution in [0.2, 0.25) is 0 Å². The number of carbonyl (C=O) groups excluding carboxylic acids is 1. The standard InChI is InChI=1S/C14H25NO4/c1-2-19-11-12-6-5-9-15(10-12)13(16)7-3-4-8-14(17)18/h12H,2-11H2,1H3,(H,17,18). The molecule has 1 aliphatic heterocycles. The normalized spacial score (nSPS) is 19.4. The van der Waals surface area contributed by atoms with Crippen LogP contribution in [0.1, 0.15) is 45.4 Å². The third-order valence-electron chi connectivity index (χ3n) is 3.46. The molecule has 0 aromatic rings. The van der Waals surface area contributed by atoms with Crippen LogP contribution >= 0.6 is 0 Å². The molecule has 0 aromatic carbocycles. The largest absolute Gasteiger partial charge is 0.481 e. The molecule has 19 heavy (non-hydrogen) atoms. The van der Waals surface area contributed by atoms with E-state index in [-0.39, 0.29) is 12.3 Å². The average molecular weight is 271 g/mol. The highest BCUT2D eigenvalue weighted by Crippen LogP contribution is 2.18. The lowest BCUT2D eigenvalue weighted by molar-refractivity contribution is -0.138. The number of carboxylic acids is 1. The van der Waals surface area contributed by atoms with E-state index in [1.807, 2.05) is 11.8 Å². The summed E-state index contributed by atoms with van der Waals surface area (Å²) >= 11 is 0. The number of nitrogens with zero attached hydrogens (tertiary/aromatic N) is 1. The quantitative estimate of drug-likeness (QED) is 0.685. The Labute approximate surface area is 114 Å². The second kappa shape index (κ2) is 8.91. The fourth-order valence-electron chi connectivity index (χ4n) is 2.42. The Bertz CT molecular complexity index is 293. The topological polar surface area (TPSA) is 66.8 Å². The maximum Gasteiger partial charge on any atom is 0.303 e. The lowest BCUT2D eigenvalue weighted by Gasteiger charge is -2.32. The third kappa shape index (κ3) is 6.57. The molecule has 5 heteroatoms. The molecular weight excluding hydrogens is 246 g/mol. The van der Waals surface area contributed by atoms with Gasteiger partial charge in [-0.25, -0.2) is 0 Å². The number of hydrogen-bond acceptors (Lipinski definition) is 3. The number of hydrogen-bond donors (Lipinski definition) is 1. The van der Waals surface area contributed by atoms with Crippen molar-refractivity contribution in [1.29, 1.82) is 0 Å². The molecule has 0 spiro atoms. The summed E-state index contributed by atoms with van der Waals surface area (Å²) in [6.07, 6.45) is 4.03. The van der Waals surface area contributed by atoms with Gasteiger partial charge in [-0.15, -0.1) is 0 Å². The number of rotatable bonds is 8. The average Bonchev–Trinajstić information content (AvgIpc) is 2.41. The van der Waals surface area contributed by atoms with Gasteiger partial charge in [-0.05, 0) is 38.5 Å². The van der Waals surface area contributed by atoms with Crippen LogP contribution in [0.25, 0.3) is 0 Å². The Morgan fingerprint density at radius 2 is 2.05 bits per heavy atom. The summed E-state index contributed by atoms with van der Waals surface area (Å²) in [6, 6.07) is 0. The van der Waals surface area contributed by atoms with Crippen LogP contribution in [0.15, 0.2) is 0 Å². The number of unbranched alkanes of at least 4 members (excludes halogenated alkanes) is 1. The summed E-state index contributed by atoms with van der Waals surface area (Å²) in [4.78, 5) is 24.3. The van der Waals surface area contributed by atoms with Crippen molar-refractivity contribution in [1.82, 2.24) is 4.90 Å². The van der Waals surface area contributed by atoms with Crippen molar-refractivity contribution >= 4 is 11.9 Å². The fraction of sp³-hybridized carbons (Fsp3) is 0.857. The number of carboxylic acid groups (broad SMARTS) is 1. The van der Waals surface area contributed by atoms with E-state index < -0.39 is 5.97 Å². The van der Waals surface area contributed by atoms with Gasteiger partial charge in [0.25, 0.3) is 0 Å². The first-order valence-electron chi connectivity index (χ1n) is 7.20. The minimum atomic E-state index is -0.790. The fourth-order valence-corrected chi connectivity index (χ4v) is 2.42. The highest BCUT2D eigenvalue weighted by Gasteiger charge is 2.23. The molecule has 1 atom stereocenters. The molecule has 110 valence electrons. The highest BCUT2D eigenvalue weighted by molar-refractivity contribution is 5.76. The van der Waals surface area contributed by atoms with Crippen LogP contribution in [0.5, 0.6) is 0 Å². The summed E-state index contributed by atoms with van der Waals surface area (Å²) in [5.74, 6) is -0.176. The minimum Gasteiger partial charge on any atom is -0.481 e. The first-order valence-corrected chi connectivity index (χ1v) is 7.20. The van der Waals surface area contributed by atoms with E-state index in [0.717, 1.165) is 39.1 Å². The first-order chi connectivity index (χ1) is 9.13. The second-order valence-electron chi connectivity index (χ2n) is 5.11. The molecule has 1 saturated heterocycles. The molecule has 0 aliphatic carbocycles.